The van der Waals surface area contributed by atoms with Gasteiger partial charge in [-0.05, 0) is 44.9 Å². The molecule has 0 saturated carbocycles. The third-order valence-corrected chi connectivity index (χ3v) is 13.0. The minimum Gasteiger partial charge on any atom is -0.462 e. The van der Waals surface area contributed by atoms with E-state index in [2.05, 4.69) is 38.2 Å². The van der Waals surface area contributed by atoms with Crippen molar-refractivity contribution in [1.82, 2.24) is 0 Å². The van der Waals surface area contributed by atoms with E-state index in [0.29, 0.717) is 17.4 Å². The van der Waals surface area contributed by atoms with Gasteiger partial charge in [-0.15, -0.1) is 0 Å². The number of likely N-dealkylation sites (N-methyl/N-ethyl adjacent to an activating group) is 1. The zero-order valence-electron chi connectivity index (χ0n) is 42.8. The molecule has 0 radical (unpaired) electrons. The van der Waals surface area contributed by atoms with Gasteiger partial charge in [-0.3, -0.25) is 18.6 Å². The van der Waals surface area contributed by atoms with Crippen LogP contribution in [0.3, 0.4) is 0 Å². The number of esters is 2. The number of nitrogens with zero attached hydrogens (tertiary/aromatic N) is 1. The molecule has 0 aromatic heterocycles. The largest absolute Gasteiger partial charge is 0.472 e. The van der Waals surface area contributed by atoms with Crippen LogP contribution in [-0.2, 0) is 32.7 Å². The smallest absolute Gasteiger partial charge is 0.462 e. The summed E-state index contributed by atoms with van der Waals surface area (Å²) in [4.78, 5) is 35.6. The lowest BCUT2D eigenvalue weighted by Gasteiger charge is -2.24. The van der Waals surface area contributed by atoms with Gasteiger partial charge in [-0.1, -0.05) is 224 Å². The summed E-state index contributed by atoms with van der Waals surface area (Å²) in [6.07, 6.45) is 53.7. The van der Waals surface area contributed by atoms with Crippen molar-refractivity contribution < 1.29 is 42.1 Å². The number of quaternary nitrogens is 1. The summed E-state index contributed by atoms with van der Waals surface area (Å²) < 4.78 is 34.5. The third kappa shape index (κ3) is 49.9. The first-order valence-electron chi connectivity index (χ1n) is 27.1. The van der Waals surface area contributed by atoms with Crippen molar-refractivity contribution >= 4 is 19.8 Å². The number of hydrogen-bond acceptors (Lipinski definition) is 7. The van der Waals surface area contributed by atoms with E-state index in [-0.39, 0.29) is 32.0 Å². The molecule has 9 nitrogen and oxygen atoms in total. The van der Waals surface area contributed by atoms with Gasteiger partial charge in [0.05, 0.1) is 27.7 Å². The Labute approximate surface area is 396 Å². The third-order valence-electron chi connectivity index (χ3n) is 12.0. The highest BCUT2D eigenvalue weighted by Crippen LogP contribution is 2.43. The average molecular weight is 927 g/mol. The van der Waals surface area contributed by atoms with Gasteiger partial charge >= 0.3 is 19.8 Å². The van der Waals surface area contributed by atoms with Gasteiger partial charge in [-0.25, -0.2) is 4.57 Å². The van der Waals surface area contributed by atoms with Gasteiger partial charge in [-0.2, -0.15) is 0 Å². The second-order valence-corrected chi connectivity index (χ2v) is 21.1. The molecule has 0 saturated heterocycles. The molecule has 0 aliphatic carbocycles. The van der Waals surface area contributed by atoms with Crippen LogP contribution in [0.15, 0.2) is 24.3 Å². The number of unbranched alkanes of at least 4 members (excludes halogenated alkanes) is 32. The van der Waals surface area contributed by atoms with Crippen LogP contribution in [0.2, 0.25) is 0 Å². The summed E-state index contributed by atoms with van der Waals surface area (Å²) in [6.45, 7) is 4.45. The van der Waals surface area contributed by atoms with Crippen molar-refractivity contribution in [2.24, 2.45) is 0 Å². The molecular weight excluding hydrogens is 822 g/mol. The molecular formula is C54H105NO8P+. The van der Waals surface area contributed by atoms with Crippen molar-refractivity contribution in [2.75, 3.05) is 47.5 Å². The Hall–Kier alpha value is -1.51. The Morgan fingerprint density at radius 2 is 0.844 bits per heavy atom. The standard InChI is InChI=1S/C54H104NO8P/c1-6-8-10-12-14-16-18-20-22-24-26-27-29-31-33-35-37-39-41-43-45-47-54(57)63-52(51-62-64(58,59)61-49-48-55(3,4)5)50-60-53(56)46-44-42-40-38-36-34-32-30-28-25-23-21-19-17-15-13-11-9-7-2/h15,17,21,23,52H,6-14,16,18-20,22,24-51H2,1-5H3/p+1/b17-15+,23-21+/t52-/m1/s1. The number of carbonyl (C=O) groups is 2. The fourth-order valence-electron chi connectivity index (χ4n) is 7.75. The van der Waals surface area contributed by atoms with Crippen LogP contribution in [0.4, 0.5) is 0 Å². The summed E-state index contributed by atoms with van der Waals surface area (Å²) in [5.41, 5.74) is 0. The fourth-order valence-corrected chi connectivity index (χ4v) is 8.49. The maximum absolute atomic E-state index is 12.8. The van der Waals surface area contributed by atoms with Crippen molar-refractivity contribution in [3.63, 3.8) is 0 Å². The lowest BCUT2D eigenvalue weighted by molar-refractivity contribution is -0.870. The Morgan fingerprint density at radius 1 is 0.484 bits per heavy atom. The molecule has 0 aliphatic heterocycles. The summed E-state index contributed by atoms with van der Waals surface area (Å²) in [5, 5.41) is 0. The fraction of sp³-hybridized carbons (Fsp3) is 0.889. The summed E-state index contributed by atoms with van der Waals surface area (Å²) >= 11 is 0. The van der Waals surface area contributed by atoms with Gasteiger partial charge < -0.3 is 18.9 Å². The minimum absolute atomic E-state index is 0.0335. The van der Waals surface area contributed by atoms with Crippen LogP contribution in [0.1, 0.15) is 258 Å². The van der Waals surface area contributed by atoms with E-state index >= 15 is 0 Å². The van der Waals surface area contributed by atoms with Crippen molar-refractivity contribution in [1.29, 1.82) is 0 Å². The summed E-state index contributed by atoms with van der Waals surface area (Å²) in [5.74, 6) is -0.789. The van der Waals surface area contributed by atoms with Gasteiger partial charge in [0.25, 0.3) is 0 Å². The van der Waals surface area contributed by atoms with Crippen LogP contribution in [0.25, 0.3) is 0 Å². The first-order chi connectivity index (χ1) is 31.0. The molecule has 10 heteroatoms. The van der Waals surface area contributed by atoms with Crippen molar-refractivity contribution in [2.45, 2.75) is 264 Å². The predicted molar refractivity (Wildman–Crippen MR) is 271 cm³/mol. The maximum atomic E-state index is 12.8. The quantitative estimate of drug-likeness (QED) is 0.0211. The van der Waals surface area contributed by atoms with E-state index in [9.17, 15) is 19.0 Å². The van der Waals surface area contributed by atoms with E-state index in [1.807, 2.05) is 21.1 Å². The predicted octanol–water partition coefficient (Wildman–Crippen LogP) is 16.3. The molecule has 0 aromatic carbocycles. The molecule has 378 valence electrons. The number of phosphoric acid groups is 1. The minimum atomic E-state index is -4.38. The molecule has 0 rings (SSSR count). The SMILES string of the molecule is CCCCC/C=C/C/C=C/CCCCCCCCCCCC(=O)OC[C@H](COP(=O)(O)OCC[N+](C)(C)C)OC(=O)CCCCCCCCCCCCCCCCCCCCCCC. The highest BCUT2D eigenvalue weighted by atomic mass is 31.2. The molecule has 2 atom stereocenters. The average Bonchev–Trinajstić information content (AvgIpc) is 3.25. The van der Waals surface area contributed by atoms with Crippen LogP contribution >= 0.6 is 7.82 Å². The van der Waals surface area contributed by atoms with E-state index < -0.39 is 26.5 Å². The Bertz CT molecular complexity index is 1140. The Morgan fingerprint density at radius 3 is 1.27 bits per heavy atom. The van der Waals surface area contributed by atoms with E-state index in [0.717, 1.165) is 38.5 Å². The molecule has 0 fully saturated rings. The normalized spacial score (nSPS) is 13.5. The molecule has 64 heavy (non-hydrogen) atoms. The Balaban J connectivity index is 4.19. The molecule has 0 bridgehead atoms. The summed E-state index contributed by atoms with van der Waals surface area (Å²) in [7, 11) is 1.49. The molecule has 0 aromatic rings. The lowest BCUT2D eigenvalue weighted by Crippen LogP contribution is -2.37. The molecule has 1 unspecified atom stereocenters. The number of allylic oxidation sites excluding steroid dienone is 4. The second kappa shape index (κ2) is 46.6. The molecule has 0 heterocycles. The van der Waals surface area contributed by atoms with Crippen LogP contribution < -0.4 is 0 Å². The first-order valence-corrected chi connectivity index (χ1v) is 28.6. The van der Waals surface area contributed by atoms with Gasteiger partial charge in [0.15, 0.2) is 6.10 Å². The number of carbonyl (C=O) groups excluding carboxylic acids is 2. The van der Waals surface area contributed by atoms with E-state index in [1.165, 1.54) is 186 Å². The molecule has 0 aliphatic rings. The zero-order chi connectivity index (χ0) is 47.1. The van der Waals surface area contributed by atoms with Crippen molar-refractivity contribution in [3.05, 3.63) is 24.3 Å². The lowest BCUT2D eigenvalue weighted by atomic mass is 10.0. The number of rotatable bonds is 50. The first kappa shape index (κ1) is 62.5. The van der Waals surface area contributed by atoms with Gasteiger partial charge in [0.1, 0.15) is 19.8 Å². The molecule has 1 N–H and O–H groups in total. The molecule has 0 amide bonds. The van der Waals surface area contributed by atoms with E-state index in [1.54, 1.807) is 0 Å². The number of hydrogen-bond donors (Lipinski definition) is 1. The second-order valence-electron chi connectivity index (χ2n) is 19.6. The summed E-state index contributed by atoms with van der Waals surface area (Å²) in [6, 6.07) is 0. The monoisotopic (exact) mass is 927 g/mol. The van der Waals surface area contributed by atoms with Crippen LogP contribution in [0.5, 0.6) is 0 Å². The number of ether oxygens (including phenoxy) is 2. The highest BCUT2D eigenvalue weighted by molar-refractivity contribution is 7.47. The van der Waals surface area contributed by atoms with Gasteiger partial charge in [0, 0.05) is 12.8 Å². The van der Waals surface area contributed by atoms with Crippen LogP contribution in [-0.4, -0.2) is 74.9 Å². The number of phosphoric ester groups is 1. The van der Waals surface area contributed by atoms with E-state index in [4.69, 9.17) is 18.5 Å². The zero-order valence-corrected chi connectivity index (χ0v) is 43.7. The van der Waals surface area contributed by atoms with Crippen LogP contribution in [0, 0.1) is 0 Å². The van der Waals surface area contributed by atoms with Gasteiger partial charge in [0.2, 0.25) is 0 Å². The molecule has 0 spiro atoms. The Kier molecular flexibility index (Phi) is 45.5. The highest BCUT2D eigenvalue weighted by Gasteiger charge is 2.27. The topological polar surface area (TPSA) is 108 Å². The maximum Gasteiger partial charge on any atom is 0.472 e. The van der Waals surface area contributed by atoms with Crippen molar-refractivity contribution in [3.8, 4) is 0 Å².